The van der Waals surface area contributed by atoms with Crippen molar-refractivity contribution >= 4 is 0 Å². The van der Waals surface area contributed by atoms with E-state index in [-0.39, 0.29) is 11.1 Å². The molecule has 0 atom stereocenters. The van der Waals surface area contributed by atoms with Gasteiger partial charge in [0.25, 0.3) is 0 Å². The summed E-state index contributed by atoms with van der Waals surface area (Å²) < 4.78 is 5.80. The third-order valence-electron chi connectivity index (χ3n) is 4.70. The summed E-state index contributed by atoms with van der Waals surface area (Å²) >= 11 is 0. The van der Waals surface area contributed by atoms with Gasteiger partial charge in [-0.25, -0.2) is 0 Å². The summed E-state index contributed by atoms with van der Waals surface area (Å²) in [7, 11) is 0. The van der Waals surface area contributed by atoms with Crippen LogP contribution >= 0.6 is 0 Å². The summed E-state index contributed by atoms with van der Waals surface area (Å²) in [4.78, 5) is 2.59. The number of nitrogens with zero attached hydrogens (tertiary/aromatic N) is 1. The smallest absolute Gasteiger partial charge is 0.0753 e. The topological polar surface area (TPSA) is 38.5 Å². The zero-order chi connectivity index (χ0) is 12.7. The predicted molar refractivity (Wildman–Crippen MR) is 71.0 cm³/mol. The quantitative estimate of drug-likeness (QED) is 0.818. The van der Waals surface area contributed by atoms with Crippen LogP contribution in [0, 0.1) is 11.8 Å². The molecule has 0 amide bonds. The summed E-state index contributed by atoms with van der Waals surface area (Å²) in [6.07, 6.45) is 2.55. The molecule has 2 N–H and O–H groups in total. The number of morpholine rings is 1. The SMILES string of the molecule is CC(C)C1CC(CN)(N2CCOC(C)(C)C2)C1. The normalized spacial score (nSPS) is 38.1. The molecular formula is C14H28N2O. The van der Waals surface area contributed by atoms with Crippen molar-refractivity contribution in [2.24, 2.45) is 17.6 Å². The lowest BCUT2D eigenvalue weighted by Crippen LogP contribution is -2.67. The fourth-order valence-corrected chi connectivity index (χ4v) is 3.36. The second-order valence-electron chi connectivity index (χ2n) is 6.87. The molecule has 1 saturated heterocycles. The number of hydrogen-bond acceptors (Lipinski definition) is 3. The molecule has 1 saturated carbocycles. The Kier molecular flexibility index (Phi) is 3.54. The maximum Gasteiger partial charge on any atom is 0.0753 e. The van der Waals surface area contributed by atoms with Crippen LogP contribution in [0.25, 0.3) is 0 Å². The van der Waals surface area contributed by atoms with E-state index in [0.29, 0.717) is 0 Å². The maximum absolute atomic E-state index is 6.07. The van der Waals surface area contributed by atoms with Crippen LogP contribution in [-0.4, -0.2) is 42.3 Å². The van der Waals surface area contributed by atoms with Crippen LogP contribution in [0.15, 0.2) is 0 Å². The Hall–Kier alpha value is -0.120. The Morgan fingerprint density at radius 1 is 1.35 bits per heavy atom. The summed E-state index contributed by atoms with van der Waals surface area (Å²) in [6.45, 7) is 12.7. The van der Waals surface area contributed by atoms with Crippen molar-refractivity contribution < 1.29 is 4.74 Å². The van der Waals surface area contributed by atoms with Crippen LogP contribution in [0.5, 0.6) is 0 Å². The molecule has 3 nitrogen and oxygen atoms in total. The van der Waals surface area contributed by atoms with Crippen molar-refractivity contribution in [2.75, 3.05) is 26.2 Å². The largest absolute Gasteiger partial charge is 0.373 e. The second-order valence-corrected chi connectivity index (χ2v) is 6.87. The first kappa shape index (κ1) is 13.3. The van der Waals surface area contributed by atoms with E-state index < -0.39 is 0 Å². The van der Waals surface area contributed by atoms with E-state index >= 15 is 0 Å². The van der Waals surface area contributed by atoms with E-state index in [4.69, 9.17) is 10.5 Å². The minimum Gasteiger partial charge on any atom is -0.373 e. The van der Waals surface area contributed by atoms with Gasteiger partial charge in [-0.15, -0.1) is 0 Å². The van der Waals surface area contributed by atoms with Crippen molar-refractivity contribution in [3.8, 4) is 0 Å². The molecule has 100 valence electrons. The molecule has 1 aliphatic heterocycles. The monoisotopic (exact) mass is 240 g/mol. The highest BCUT2D eigenvalue weighted by Gasteiger charge is 2.50. The van der Waals surface area contributed by atoms with E-state index in [2.05, 4.69) is 32.6 Å². The fourth-order valence-electron chi connectivity index (χ4n) is 3.36. The number of rotatable bonds is 3. The van der Waals surface area contributed by atoms with Gasteiger partial charge in [0.2, 0.25) is 0 Å². The molecule has 0 spiro atoms. The first-order valence-corrected chi connectivity index (χ1v) is 6.98. The van der Waals surface area contributed by atoms with E-state index in [9.17, 15) is 0 Å². The first-order chi connectivity index (χ1) is 7.88. The summed E-state index contributed by atoms with van der Waals surface area (Å²) in [5, 5.41) is 0. The van der Waals surface area contributed by atoms with Gasteiger partial charge in [0, 0.05) is 25.2 Å². The minimum absolute atomic E-state index is 0.0106. The molecule has 1 heterocycles. The van der Waals surface area contributed by atoms with E-state index in [1.807, 2.05) is 0 Å². The Morgan fingerprint density at radius 2 is 2.00 bits per heavy atom. The molecule has 0 aromatic rings. The Morgan fingerprint density at radius 3 is 2.47 bits per heavy atom. The zero-order valence-corrected chi connectivity index (χ0v) is 11.8. The predicted octanol–water partition coefficient (Wildman–Crippen LogP) is 1.86. The van der Waals surface area contributed by atoms with Crippen LogP contribution in [0.2, 0.25) is 0 Å². The number of nitrogens with two attached hydrogens (primary N) is 1. The van der Waals surface area contributed by atoms with Crippen LogP contribution in [0.1, 0.15) is 40.5 Å². The second kappa shape index (κ2) is 4.52. The Bertz CT molecular complexity index is 269. The number of hydrogen-bond donors (Lipinski definition) is 1. The third-order valence-corrected chi connectivity index (χ3v) is 4.70. The van der Waals surface area contributed by atoms with E-state index in [0.717, 1.165) is 38.1 Å². The molecular weight excluding hydrogens is 212 g/mol. The van der Waals surface area contributed by atoms with E-state index in [1.54, 1.807) is 0 Å². The van der Waals surface area contributed by atoms with Gasteiger partial charge in [0.1, 0.15) is 0 Å². The fraction of sp³-hybridized carbons (Fsp3) is 1.00. The van der Waals surface area contributed by atoms with Crippen LogP contribution in [0.4, 0.5) is 0 Å². The molecule has 2 fully saturated rings. The molecule has 0 aromatic heterocycles. The van der Waals surface area contributed by atoms with Crippen molar-refractivity contribution in [3.63, 3.8) is 0 Å². The van der Waals surface area contributed by atoms with Crippen LogP contribution < -0.4 is 5.73 Å². The average Bonchev–Trinajstić information content (AvgIpc) is 2.14. The first-order valence-electron chi connectivity index (χ1n) is 6.98. The molecule has 0 bridgehead atoms. The van der Waals surface area contributed by atoms with Gasteiger partial charge in [-0.2, -0.15) is 0 Å². The lowest BCUT2D eigenvalue weighted by Gasteiger charge is -2.58. The van der Waals surface area contributed by atoms with Crippen LogP contribution in [0.3, 0.4) is 0 Å². The lowest BCUT2D eigenvalue weighted by molar-refractivity contribution is -0.144. The van der Waals surface area contributed by atoms with Gasteiger partial charge in [0.05, 0.1) is 12.2 Å². The van der Waals surface area contributed by atoms with Gasteiger partial charge in [-0.1, -0.05) is 13.8 Å². The Balaban J connectivity index is 2.00. The summed E-state index contributed by atoms with van der Waals surface area (Å²) in [5.41, 5.74) is 6.33. The number of ether oxygens (including phenoxy) is 1. The van der Waals surface area contributed by atoms with Gasteiger partial charge in [0.15, 0.2) is 0 Å². The van der Waals surface area contributed by atoms with Gasteiger partial charge >= 0.3 is 0 Å². The third kappa shape index (κ3) is 2.51. The molecule has 0 unspecified atom stereocenters. The minimum atomic E-state index is -0.0106. The molecule has 1 aliphatic carbocycles. The van der Waals surface area contributed by atoms with E-state index in [1.165, 1.54) is 12.8 Å². The van der Waals surface area contributed by atoms with Crippen molar-refractivity contribution in [1.29, 1.82) is 0 Å². The average molecular weight is 240 g/mol. The molecule has 0 aromatic carbocycles. The Labute approximate surface area is 106 Å². The lowest BCUT2D eigenvalue weighted by atomic mass is 9.63. The molecule has 2 aliphatic rings. The highest BCUT2D eigenvalue weighted by atomic mass is 16.5. The molecule has 0 radical (unpaired) electrons. The highest BCUT2D eigenvalue weighted by molar-refractivity contribution is 5.05. The van der Waals surface area contributed by atoms with Crippen molar-refractivity contribution in [2.45, 2.75) is 51.7 Å². The highest BCUT2D eigenvalue weighted by Crippen LogP contribution is 2.46. The molecule has 2 rings (SSSR count). The molecule has 3 heteroatoms. The zero-order valence-electron chi connectivity index (χ0n) is 11.8. The molecule has 17 heavy (non-hydrogen) atoms. The van der Waals surface area contributed by atoms with Gasteiger partial charge < -0.3 is 10.5 Å². The van der Waals surface area contributed by atoms with Crippen molar-refractivity contribution in [1.82, 2.24) is 4.90 Å². The van der Waals surface area contributed by atoms with Crippen LogP contribution in [-0.2, 0) is 4.74 Å². The maximum atomic E-state index is 6.07. The van der Waals surface area contributed by atoms with Gasteiger partial charge in [-0.05, 0) is 38.5 Å². The van der Waals surface area contributed by atoms with Crippen molar-refractivity contribution in [3.05, 3.63) is 0 Å². The summed E-state index contributed by atoms with van der Waals surface area (Å²) in [6, 6.07) is 0. The standard InChI is InChI=1S/C14H28N2O/c1-11(2)12-7-14(8-12,9-15)16-5-6-17-13(3,4)10-16/h11-12H,5-10,15H2,1-4H3. The summed E-state index contributed by atoms with van der Waals surface area (Å²) in [5.74, 6) is 1.66. The van der Waals surface area contributed by atoms with Gasteiger partial charge in [-0.3, -0.25) is 4.90 Å².